The predicted octanol–water partition coefficient (Wildman–Crippen LogP) is 4.16. The molecule has 1 N–H and O–H groups in total. The summed E-state index contributed by atoms with van der Waals surface area (Å²) in [4.78, 5) is 4.54. The van der Waals surface area contributed by atoms with E-state index in [1.165, 1.54) is 16.7 Å². The quantitative estimate of drug-likeness (QED) is 0.915. The van der Waals surface area contributed by atoms with Gasteiger partial charge >= 0.3 is 0 Å². The van der Waals surface area contributed by atoms with Gasteiger partial charge in [0.1, 0.15) is 0 Å². The summed E-state index contributed by atoms with van der Waals surface area (Å²) < 4.78 is 1.01. The van der Waals surface area contributed by atoms with Crippen molar-refractivity contribution in [3.63, 3.8) is 0 Å². The van der Waals surface area contributed by atoms with Gasteiger partial charge in [-0.3, -0.25) is 4.98 Å². The number of rotatable bonds is 4. The van der Waals surface area contributed by atoms with E-state index in [4.69, 9.17) is 0 Å². The molecule has 0 saturated carbocycles. The highest BCUT2D eigenvalue weighted by Gasteiger charge is 2.16. The zero-order valence-electron chi connectivity index (χ0n) is 11.6. The fraction of sp³-hybridized carbons (Fsp3) is 0.312. The number of hydrogen-bond acceptors (Lipinski definition) is 2. The lowest BCUT2D eigenvalue weighted by Crippen LogP contribution is -2.23. The second-order valence-electron chi connectivity index (χ2n) is 4.68. The maximum absolute atomic E-state index is 4.54. The lowest BCUT2D eigenvalue weighted by molar-refractivity contribution is 0.612. The second-order valence-corrected chi connectivity index (χ2v) is 5.60. The molecule has 0 aliphatic carbocycles. The fourth-order valence-electron chi connectivity index (χ4n) is 2.22. The maximum Gasteiger partial charge on any atom is 0.0754 e. The third kappa shape index (κ3) is 3.23. The van der Waals surface area contributed by atoms with Crippen LogP contribution in [0.15, 0.2) is 41.0 Å². The molecule has 1 heterocycles. The Morgan fingerprint density at radius 1 is 1.21 bits per heavy atom. The van der Waals surface area contributed by atoms with Gasteiger partial charge in [0, 0.05) is 10.7 Å². The average molecular weight is 319 g/mol. The molecule has 19 heavy (non-hydrogen) atoms. The third-order valence-corrected chi connectivity index (χ3v) is 3.88. The number of benzene rings is 1. The Morgan fingerprint density at radius 3 is 2.63 bits per heavy atom. The number of halogens is 1. The predicted molar refractivity (Wildman–Crippen MR) is 83.4 cm³/mol. The third-order valence-electron chi connectivity index (χ3n) is 3.41. The molecule has 1 atom stereocenters. The van der Waals surface area contributed by atoms with E-state index in [1.807, 2.05) is 12.3 Å². The van der Waals surface area contributed by atoms with E-state index in [0.717, 1.165) is 16.7 Å². The maximum atomic E-state index is 4.54. The Bertz CT molecular complexity index is 549. The first-order chi connectivity index (χ1) is 9.13. The van der Waals surface area contributed by atoms with Crippen LogP contribution in [-0.4, -0.2) is 11.5 Å². The van der Waals surface area contributed by atoms with E-state index in [-0.39, 0.29) is 6.04 Å². The van der Waals surface area contributed by atoms with Crippen molar-refractivity contribution in [2.24, 2.45) is 0 Å². The van der Waals surface area contributed by atoms with E-state index in [2.05, 4.69) is 71.3 Å². The molecule has 100 valence electrons. The topological polar surface area (TPSA) is 24.9 Å². The summed E-state index contributed by atoms with van der Waals surface area (Å²) in [6, 6.07) is 10.7. The summed E-state index contributed by atoms with van der Waals surface area (Å²) in [7, 11) is 0. The van der Waals surface area contributed by atoms with Crippen LogP contribution in [0, 0.1) is 13.8 Å². The van der Waals surface area contributed by atoms with Crippen molar-refractivity contribution in [2.45, 2.75) is 26.8 Å². The monoisotopic (exact) mass is 318 g/mol. The molecule has 2 rings (SSSR count). The number of hydrogen-bond donors (Lipinski definition) is 1. The first-order valence-corrected chi connectivity index (χ1v) is 7.33. The molecule has 0 aliphatic rings. The van der Waals surface area contributed by atoms with Gasteiger partial charge in [0.05, 0.1) is 11.7 Å². The zero-order chi connectivity index (χ0) is 13.8. The van der Waals surface area contributed by atoms with Crippen LogP contribution in [0.4, 0.5) is 0 Å². The summed E-state index contributed by atoms with van der Waals surface area (Å²) in [5.74, 6) is 0. The molecule has 3 heteroatoms. The molecule has 2 nitrogen and oxygen atoms in total. The van der Waals surface area contributed by atoms with Gasteiger partial charge in [-0.15, -0.1) is 0 Å². The highest BCUT2D eigenvalue weighted by Crippen LogP contribution is 2.26. The number of nitrogens with zero attached hydrogens (tertiary/aromatic N) is 1. The van der Waals surface area contributed by atoms with Crippen LogP contribution in [-0.2, 0) is 0 Å². The van der Waals surface area contributed by atoms with Crippen molar-refractivity contribution in [1.29, 1.82) is 0 Å². The first-order valence-electron chi connectivity index (χ1n) is 6.54. The smallest absolute Gasteiger partial charge is 0.0754 e. The Hall–Kier alpha value is -1.19. The van der Waals surface area contributed by atoms with Gasteiger partial charge in [-0.05, 0) is 65.1 Å². The molecule has 1 unspecified atom stereocenters. The minimum absolute atomic E-state index is 0.151. The van der Waals surface area contributed by atoms with Gasteiger partial charge in [0.2, 0.25) is 0 Å². The summed E-state index contributed by atoms with van der Waals surface area (Å²) >= 11 is 3.43. The number of aryl methyl sites for hydroxylation is 1. The molecule has 0 fully saturated rings. The molecule has 1 aromatic heterocycles. The van der Waals surface area contributed by atoms with Crippen LogP contribution >= 0.6 is 15.9 Å². The lowest BCUT2D eigenvalue weighted by atomic mass is 9.95. The Kier molecular flexibility index (Phi) is 4.72. The normalized spacial score (nSPS) is 12.4. The molecule has 2 aromatic rings. The Labute approximate surface area is 123 Å². The summed E-state index contributed by atoms with van der Waals surface area (Å²) in [6.45, 7) is 7.36. The molecule has 0 bridgehead atoms. The fourth-order valence-corrected chi connectivity index (χ4v) is 2.46. The van der Waals surface area contributed by atoms with Gasteiger partial charge in [-0.2, -0.15) is 0 Å². The molecule has 0 saturated heterocycles. The second kappa shape index (κ2) is 6.31. The number of pyridine rings is 1. The molecule has 0 spiro atoms. The minimum atomic E-state index is 0.151. The van der Waals surface area contributed by atoms with E-state index in [1.54, 1.807) is 0 Å². The molecular formula is C16H19BrN2. The molecular weight excluding hydrogens is 300 g/mol. The van der Waals surface area contributed by atoms with Gasteiger partial charge < -0.3 is 5.32 Å². The minimum Gasteiger partial charge on any atom is -0.305 e. The van der Waals surface area contributed by atoms with Crippen molar-refractivity contribution in [3.05, 3.63) is 63.4 Å². The Morgan fingerprint density at radius 2 is 2.00 bits per heavy atom. The SMILES string of the molecule is CCNC(c1ccc(Br)cn1)c1cccc(C)c1C. The number of nitrogens with one attached hydrogen (secondary N) is 1. The summed E-state index contributed by atoms with van der Waals surface area (Å²) in [6.07, 6.45) is 1.85. The van der Waals surface area contributed by atoms with Crippen LogP contribution in [0.1, 0.15) is 35.3 Å². The molecule has 0 radical (unpaired) electrons. The average Bonchev–Trinajstić information content (AvgIpc) is 2.41. The highest BCUT2D eigenvalue weighted by atomic mass is 79.9. The highest BCUT2D eigenvalue weighted by molar-refractivity contribution is 9.10. The largest absolute Gasteiger partial charge is 0.305 e. The van der Waals surface area contributed by atoms with Crippen molar-refractivity contribution in [2.75, 3.05) is 6.54 Å². The van der Waals surface area contributed by atoms with E-state index in [9.17, 15) is 0 Å². The van der Waals surface area contributed by atoms with Crippen molar-refractivity contribution < 1.29 is 0 Å². The van der Waals surface area contributed by atoms with E-state index >= 15 is 0 Å². The zero-order valence-corrected chi connectivity index (χ0v) is 13.2. The van der Waals surface area contributed by atoms with Gasteiger partial charge in [0.15, 0.2) is 0 Å². The standard InChI is InChI=1S/C16H19BrN2/c1-4-18-16(15-9-8-13(17)10-19-15)14-7-5-6-11(2)12(14)3/h5-10,16,18H,4H2,1-3H3. The van der Waals surface area contributed by atoms with Crippen LogP contribution in [0.2, 0.25) is 0 Å². The molecule has 0 amide bonds. The van der Waals surface area contributed by atoms with Crippen molar-refractivity contribution in [1.82, 2.24) is 10.3 Å². The van der Waals surface area contributed by atoms with E-state index in [0.29, 0.717) is 0 Å². The first kappa shape index (κ1) is 14.2. The number of aromatic nitrogens is 1. The summed E-state index contributed by atoms with van der Waals surface area (Å²) in [5.41, 5.74) is 5.01. The lowest BCUT2D eigenvalue weighted by Gasteiger charge is -2.21. The summed E-state index contributed by atoms with van der Waals surface area (Å²) in [5, 5.41) is 3.52. The van der Waals surface area contributed by atoms with Gasteiger partial charge in [-0.1, -0.05) is 25.1 Å². The molecule has 1 aromatic carbocycles. The van der Waals surface area contributed by atoms with Gasteiger partial charge in [-0.25, -0.2) is 0 Å². The Balaban J connectivity index is 2.45. The van der Waals surface area contributed by atoms with Crippen molar-refractivity contribution >= 4 is 15.9 Å². The van der Waals surface area contributed by atoms with Crippen LogP contribution in [0.5, 0.6) is 0 Å². The van der Waals surface area contributed by atoms with Crippen molar-refractivity contribution in [3.8, 4) is 0 Å². The van der Waals surface area contributed by atoms with E-state index < -0.39 is 0 Å². The van der Waals surface area contributed by atoms with Crippen LogP contribution in [0.3, 0.4) is 0 Å². The van der Waals surface area contributed by atoms with Crippen LogP contribution in [0.25, 0.3) is 0 Å². The van der Waals surface area contributed by atoms with Gasteiger partial charge in [0.25, 0.3) is 0 Å². The molecule has 0 aliphatic heterocycles. The van der Waals surface area contributed by atoms with Crippen LogP contribution < -0.4 is 5.32 Å².